The van der Waals surface area contributed by atoms with Crippen molar-refractivity contribution in [3.8, 4) is 0 Å². The van der Waals surface area contributed by atoms with Gasteiger partial charge in [-0.1, -0.05) is 48.0 Å². The van der Waals surface area contributed by atoms with Gasteiger partial charge in [0.15, 0.2) is 0 Å². The Kier molecular flexibility index (Phi) is 3.83. The van der Waals surface area contributed by atoms with Gasteiger partial charge in [-0.25, -0.2) is 0 Å². The highest BCUT2D eigenvalue weighted by Gasteiger charge is 2.15. The molecular weight excluding hydrogens is 264 g/mol. The summed E-state index contributed by atoms with van der Waals surface area (Å²) >= 11 is 1.78. The second kappa shape index (κ2) is 5.75. The van der Waals surface area contributed by atoms with Gasteiger partial charge in [-0.05, 0) is 41.3 Å². The van der Waals surface area contributed by atoms with Crippen LogP contribution in [-0.4, -0.2) is 0 Å². The van der Waals surface area contributed by atoms with Crippen molar-refractivity contribution >= 4 is 21.4 Å². The third kappa shape index (κ3) is 2.61. The molecule has 2 aromatic carbocycles. The summed E-state index contributed by atoms with van der Waals surface area (Å²) in [4.78, 5) is 0. The van der Waals surface area contributed by atoms with Gasteiger partial charge < -0.3 is 0 Å². The fourth-order valence-corrected chi connectivity index (χ4v) is 3.50. The van der Waals surface area contributed by atoms with Gasteiger partial charge in [-0.15, -0.1) is 11.3 Å². The molecule has 0 radical (unpaired) electrons. The Bertz CT molecular complexity index is 700. The van der Waals surface area contributed by atoms with Crippen LogP contribution in [0.15, 0.2) is 53.9 Å². The van der Waals surface area contributed by atoms with Crippen LogP contribution < -0.4 is 11.3 Å². The van der Waals surface area contributed by atoms with Crippen LogP contribution in [0.5, 0.6) is 0 Å². The van der Waals surface area contributed by atoms with Gasteiger partial charge in [-0.2, -0.15) is 0 Å². The van der Waals surface area contributed by atoms with Crippen LogP contribution in [0.2, 0.25) is 0 Å². The molecule has 0 spiro atoms. The largest absolute Gasteiger partial charge is 0.271 e. The van der Waals surface area contributed by atoms with E-state index in [9.17, 15) is 0 Å². The third-order valence-corrected chi connectivity index (χ3v) is 4.63. The first-order valence-corrected chi connectivity index (χ1v) is 7.63. The molecule has 0 aliphatic rings. The molecule has 1 atom stereocenters. The van der Waals surface area contributed by atoms with Crippen molar-refractivity contribution in [2.75, 3.05) is 0 Å². The van der Waals surface area contributed by atoms with Crippen LogP contribution in [0.3, 0.4) is 0 Å². The predicted octanol–water partition coefficient (Wildman–Crippen LogP) is 3.96. The molecule has 20 heavy (non-hydrogen) atoms. The maximum atomic E-state index is 5.79. The molecule has 3 N–H and O–H groups in total. The summed E-state index contributed by atoms with van der Waals surface area (Å²) in [5, 5.41) is 3.51. The van der Waals surface area contributed by atoms with Gasteiger partial charge in [0.25, 0.3) is 0 Å². The molecule has 0 bridgehead atoms. The standard InChI is InChI=1S/C17H18N2S/c1-12-6-8-13(9-7-12)10-16(19-18)15-11-20-17-5-3-2-4-14(15)17/h2-9,11,16,19H,10,18H2,1H3. The van der Waals surface area contributed by atoms with Crippen LogP contribution in [0.1, 0.15) is 22.7 Å². The zero-order chi connectivity index (χ0) is 13.9. The number of benzene rings is 2. The Morgan fingerprint density at radius 3 is 2.60 bits per heavy atom. The van der Waals surface area contributed by atoms with E-state index in [4.69, 9.17) is 5.84 Å². The minimum absolute atomic E-state index is 0.147. The lowest BCUT2D eigenvalue weighted by atomic mass is 9.98. The summed E-state index contributed by atoms with van der Waals surface area (Å²) in [6, 6.07) is 17.3. The highest BCUT2D eigenvalue weighted by molar-refractivity contribution is 7.17. The number of fused-ring (bicyclic) bond motifs is 1. The molecule has 102 valence electrons. The fourth-order valence-electron chi connectivity index (χ4n) is 2.49. The van der Waals surface area contributed by atoms with Crippen molar-refractivity contribution < 1.29 is 0 Å². The second-order valence-corrected chi connectivity index (χ2v) is 6.01. The van der Waals surface area contributed by atoms with Crippen LogP contribution in [0, 0.1) is 6.92 Å². The molecule has 3 aromatic rings. The smallest absolute Gasteiger partial charge is 0.0514 e. The second-order valence-electron chi connectivity index (χ2n) is 5.10. The summed E-state index contributed by atoms with van der Waals surface area (Å²) in [6.45, 7) is 2.11. The molecule has 0 saturated heterocycles. The number of aryl methyl sites for hydroxylation is 1. The van der Waals surface area contributed by atoms with E-state index in [0.29, 0.717) is 0 Å². The van der Waals surface area contributed by atoms with Crippen molar-refractivity contribution in [2.24, 2.45) is 5.84 Å². The maximum absolute atomic E-state index is 5.79. The van der Waals surface area contributed by atoms with Gasteiger partial charge in [-0.3, -0.25) is 11.3 Å². The zero-order valence-electron chi connectivity index (χ0n) is 11.5. The summed E-state index contributed by atoms with van der Waals surface area (Å²) in [5.41, 5.74) is 6.84. The Labute approximate surface area is 123 Å². The normalized spacial score (nSPS) is 12.7. The third-order valence-electron chi connectivity index (χ3n) is 3.65. The van der Waals surface area contributed by atoms with Gasteiger partial charge in [0.05, 0.1) is 6.04 Å². The monoisotopic (exact) mass is 282 g/mol. The first kappa shape index (κ1) is 13.3. The van der Waals surface area contributed by atoms with Crippen molar-refractivity contribution in [3.63, 3.8) is 0 Å². The van der Waals surface area contributed by atoms with Crippen molar-refractivity contribution in [2.45, 2.75) is 19.4 Å². The molecule has 0 aliphatic carbocycles. The zero-order valence-corrected chi connectivity index (χ0v) is 12.3. The van der Waals surface area contributed by atoms with Crippen LogP contribution in [0.4, 0.5) is 0 Å². The number of thiophene rings is 1. The molecule has 2 nitrogen and oxygen atoms in total. The van der Waals surface area contributed by atoms with E-state index in [0.717, 1.165) is 6.42 Å². The van der Waals surface area contributed by atoms with Crippen LogP contribution in [-0.2, 0) is 6.42 Å². The number of hydrogen-bond donors (Lipinski definition) is 2. The SMILES string of the molecule is Cc1ccc(CC(NN)c2csc3ccccc23)cc1. The van der Waals surface area contributed by atoms with Gasteiger partial charge >= 0.3 is 0 Å². The Hall–Kier alpha value is -1.68. The lowest BCUT2D eigenvalue weighted by molar-refractivity contribution is 0.557. The molecule has 3 heteroatoms. The van der Waals surface area contributed by atoms with Crippen molar-refractivity contribution in [3.05, 3.63) is 70.6 Å². The van der Waals surface area contributed by atoms with Crippen molar-refractivity contribution in [1.82, 2.24) is 5.43 Å². The molecule has 0 fully saturated rings. The summed E-state index contributed by atoms with van der Waals surface area (Å²) in [5.74, 6) is 5.79. The molecular formula is C17H18N2S. The van der Waals surface area contributed by atoms with E-state index in [2.05, 4.69) is 66.3 Å². The number of nitrogens with two attached hydrogens (primary N) is 1. The number of rotatable bonds is 4. The first-order valence-electron chi connectivity index (χ1n) is 6.76. The van der Waals surface area contributed by atoms with E-state index in [1.54, 1.807) is 11.3 Å². The van der Waals surface area contributed by atoms with Crippen LogP contribution >= 0.6 is 11.3 Å². The maximum Gasteiger partial charge on any atom is 0.0514 e. The molecule has 3 rings (SSSR count). The Morgan fingerprint density at radius 1 is 1.10 bits per heavy atom. The van der Waals surface area contributed by atoms with E-state index >= 15 is 0 Å². The minimum Gasteiger partial charge on any atom is -0.271 e. The van der Waals surface area contributed by atoms with Crippen molar-refractivity contribution in [1.29, 1.82) is 0 Å². The average Bonchev–Trinajstić information content (AvgIpc) is 2.91. The summed E-state index contributed by atoms with van der Waals surface area (Å²) in [7, 11) is 0. The molecule has 0 saturated carbocycles. The summed E-state index contributed by atoms with van der Waals surface area (Å²) < 4.78 is 1.31. The Morgan fingerprint density at radius 2 is 1.85 bits per heavy atom. The predicted molar refractivity (Wildman–Crippen MR) is 86.8 cm³/mol. The summed E-state index contributed by atoms with van der Waals surface area (Å²) in [6.07, 6.45) is 0.900. The first-order chi connectivity index (χ1) is 9.78. The van der Waals surface area contributed by atoms with E-state index < -0.39 is 0 Å². The topological polar surface area (TPSA) is 38.0 Å². The molecule has 0 amide bonds. The highest BCUT2D eigenvalue weighted by Crippen LogP contribution is 2.31. The van der Waals surface area contributed by atoms with Gasteiger partial charge in [0.1, 0.15) is 0 Å². The quantitative estimate of drug-likeness (QED) is 0.561. The van der Waals surface area contributed by atoms with Crippen LogP contribution in [0.25, 0.3) is 10.1 Å². The highest BCUT2D eigenvalue weighted by atomic mass is 32.1. The molecule has 1 heterocycles. The van der Waals surface area contributed by atoms with E-state index in [1.807, 2.05) is 0 Å². The molecule has 0 aliphatic heterocycles. The van der Waals surface area contributed by atoms with Gasteiger partial charge in [0, 0.05) is 4.70 Å². The van der Waals surface area contributed by atoms with E-state index in [1.165, 1.54) is 26.8 Å². The molecule has 1 aromatic heterocycles. The molecule has 1 unspecified atom stereocenters. The fraction of sp³-hybridized carbons (Fsp3) is 0.176. The lowest BCUT2D eigenvalue weighted by Crippen LogP contribution is -2.29. The lowest BCUT2D eigenvalue weighted by Gasteiger charge is -2.16. The minimum atomic E-state index is 0.147. The van der Waals surface area contributed by atoms with Gasteiger partial charge in [0.2, 0.25) is 0 Å². The number of hydrazine groups is 1. The Balaban J connectivity index is 1.91. The number of hydrogen-bond acceptors (Lipinski definition) is 3. The average molecular weight is 282 g/mol. The number of nitrogens with one attached hydrogen (secondary N) is 1. The van der Waals surface area contributed by atoms with E-state index in [-0.39, 0.29) is 6.04 Å².